The summed E-state index contributed by atoms with van der Waals surface area (Å²) in [5.41, 5.74) is 2.16. The average molecular weight is 290 g/mol. The van der Waals surface area contributed by atoms with Crippen LogP contribution in [0.25, 0.3) is 0 Å². The van der Waals surface area contributed by atoms with Crippen LogP contribution in [-0.4, -0.2) is 41.6 Å². The van der Waals surface area contributed by atoms with Crippen molar-refractivity contribution in [2.75, 3.05) is 26.9 Å². The van der Waals surface area contributed by atoms with Gasteiger partial charge in [-0.3, -0.25) is 9.67 Å². The summed E-state index contributed by atoms with van der Waals surface area (Å²) in [6, 6.07) is 3.92. The standard InChI is InChI=1S/C15H22N4O2/c1-19-12-13(9-18-19)5-7-21-15-4-3-14(17-11-15)10-16-6-8-20-2/h3-4,9,11-12,16H,5-8,10H2,1-2H3. The van der Waals surface area contributed by atoms with Crippen molar-refractivity contribution in [2.45, 2.75) is 13.0 Å². The van der Waals surface area contributed by atoms with Crippen LogP contribution in [-0.2, 0) is 24.8 Å². The minimum absolute atomic E-state index is 0.624. The Hall–Kier alpha value is -1.92. The number of methoxy groups -OCH3 is 1. The van der Waals surface area contributed by atoms with Crippen LogP contribution in [0.2, 0.25) is 0 Å². The number of hydrogen-bond acceptors (Lipinski definition) is 5. The van der Waals surface area contributed by atoms with E-state index in [-0.39, 0.29) is 0 Å². The Kier molecular flexibility index (Phi) is 6.18. The van der Waals surface area contributed by atoms with Crippen molar-refractivity contribution in [3.05, 3.63) is 42.0 Å². The molecule has 0 unspecified atom stereocenters. The Bertz CT molecular complexity index is 525. The summed E-state index contributed by atoms with van der Waals surface area (Å²) in [6.07, 6.45) is 6.46. The van der Waals surface area contributed by atoms with E-state index in [1.165, 1.54) is 5.56 Å². The monoisotopic (exact) mass is 290 g/mol. The minimum Gasteiger partial charge on any atom is -0.492 e. The second-order valence-electron chi connectivity index (χ2n) is 4.78. The van der Waals surface area contributed by atoms with E-state index >= 15 is 0 Å². The quantitative estimate of drug-likeness (QED) is 0.703. The van der Waals surface area contributed by atoms with E-state index in [0.29, 0.717) is 13.2 Å². The van der Waals surface area contributed by atoms with Crippen molar-refractivity contribution < 1.29 is 9.47 Å². The highest BCUT2D eigenvalue weighted by Gasteiger charge is 1.99. The molecule has 0 amide bonds. The number of hydrogen-bond donors (Lipinski definition) is 1. The third-order valence-corrected chi connectivity index (χ3v) is 3.00. The molecule has 0 saturated heterocycles. The fraction of sp³-hybridized carbons (Fsp3) is 0.467. The van der Waals surface area contributed by atoms with Crippen LogP contribution in [0.1, 0.15) is 11.3 Å². The van der Waals surface area contributed by atoms with Crippen LogP contribution >= 0.6 is 0 Å². The van der Waals surface area contributed by atoms with Gasteiger partial charge in [0.15, 0.2) is 0 Å². The summed E-state index contributed by atoms with van der Waals surface area (Å²) >= 11 is 0. The van der Waals surface area contributed by atoms with Crippen LogP contribution in [0.3, 0.4) is 0 Å². The van der Waals surface area contributed by atoms with E-state index in [1.54, 1.807) is 18.0 Å². The first-order valence-corrected chi connectivity index (χ1v) is 7.03. The average Bonchev–Trinajstić information content (AvgIpc) is 2.91. The molecule has 0 aliphatic heterocycles. The second-order valence-corrected chi connectivity index (χ2v) is 4.78. The number of nitrogens with one attached hydrogen (secondary N) is 1. The zero-order chi connectivity index (χ0) is 14.9. The molecule has 0 bridgehead atoms. The van der Waals surface area contributed by atoms with Gasteiger partial charge in [-0.2, -0.15) is 5.10 Å². The predicted octanol–water partition coefficient (Wildman–Crippen LogP) is 1.17. The summed E-state index contributed by atoms with van der Waals surface area (Å²) in [5.74, 6) is 0.791. The highest BCUT2D eigenvalue weighted by Crippen LogP contribution is 2.10. The third-order valence-electron chi connectivity index (χ3n) is 3.00. The van der Waals surface area contributed by atoms with Crippen molar-refractivity contribution >= 4 is 0 Å². The number of aryl methyl sites for hydroxylation is 1. The summed E-state index contributed by atoms with van der Waals surface area (Å²) in [5, 5.41) is 7.38. The van der Waals surface area contributed by atoms with Gasteiger partial charge in [0, 0.05) is 39.9 Å². The van der Waals surface area contributed by atoms with Crippen LogP contribution < -0.4 is 10.1 Å². The van der Waals surface area contributed by atoms with Crippen LogP contribution in [0.15, 0.2) is 30.7 Å². The lowest BCUT2D eigenvalue weighted by molar-refractivity contribution is 0.199. The zero-order valence-electron chi connectivity index (χ0n) is 12.6. The SMILES string of the molecule is COCCNCc1ccc(OCCc2cnn(C)c2)cn1. The van der Waals surface area contributed by atoms with Gasteiger partial charge in [0.1, 0.15) is 5.75 Å². The van der Waals surface area contributed by atoms with E-state index in [0.717, 1.165) is 31.0 Å². The summed E-state index contributed by atoms with van der Waals surface area (Å²) in [6.45, 7) is 2.88. The molecule has 6 heteroatoms. The highest BCUT2D eigenvalue weighted by atomic mass is 16.5. The molecule has 2 heterocycles. The van der Waals surface area contributed by atoms with Gasteiger partial charge in [0.05, 0.1) is 31.3 Å². The van der Waals surface area contributed by atoms with E-state index in [1.807, 2.05) is 31.6 Å². The summed E-state index contributed by atoms with van der Waals surface area (Å²) in [7, 11) is 3.60. The fourth-order valence-electron chi connectivity index (χ4n) is 1.88. The number of aromatic nitrogens is 3. The number of ether oxygens (including phenoxy) is 2. The van der Waals surface area contributed by atoms with E-state index in [2.05, 4.69) is 15.4 Å². The van der Waals surface area contributed by atoms with E-state index < -0.39 is 0 Å². The minimum atomic E-state index is 0.624. The second kappa shape index (κ2) is 8.39. The molecule has 0 atom stereocenters. The molecule has 0 spiro atoms. The number of nitrogens with zero attached hydrogens (tertiary/aromatic N) is 3. The van der Waals surface area contributed by atoms with Crippen molar-refractivity contribution in [3.63, 3.8) is 0 Å². The molecule has 2 rings (SSSR count). The number of pyridine rings is 1. The molecule has 0 aliphatic carbocycles. The molecule has 0 radical (unpaired) electrons. The topological polar surface area (TPSA) is 61.2 Å². The van der Waals surface area contributed by atoms with Gasteiger partial charge in [0.2, 0.25) is 0 Å². The highest BCUT2D eigenvalue weighted by molar-refractivity contribution is 5.20. The smallest absolute Gasteiger partial charge is 0.137 e. The first-order chi connectivity index (χ1) is 10.3. The van der Waals surface area contributed by atoms with Gasteiger partial charge in [-0.25, -0.2) is 0 Å². The largest absolute Gasteiger partial charge is 0.492 e. The molecule has 21 heavy (non-hydrogen) atoms. The van der Waals surface area contributed by atoms with Crippen molar-refractivity contribution in [2.24, 2.45) is 7.05 Å². The molecule has 6 nitrogen and oxygen atoms in total. The van der Waals surface area contributed by atoms with Gasteiger partial charge in [-0.15, -0.1) is 0 Å². The summed E-state index contributed by atoms with van der Waals surface area (Å²) < 4.78 is 12.4. The van der Waals surface area contributed by atoms with Crippen molar-refractivity contribution in [1.82, 2.24) is 20.1 Å². The first kappa shape index (κ1) is 15.5. The maximum absolute atomic E-state index is 5.68. The van der Waals surface area contributed by atoms with E-state index in [4.69, 9.17) is 9.47 Å². The molecule has 1 N–H and O–H groups in total. The first-order valence-electron chi connectivity index (χ1n) is 7.03. The molecule has 0 aromatic carbocycles. The maximum Gasteiger partial charge on any atom is 0.137 e. The molecule has 0 saturated carbocycles. The zero-order valence-corrected chi connectivity index (χ0v) is 12.6. The lowest BCUT2D eigenvalue weighted by Gasteiger charge is -2.07. The predicted molar refractivity (Wildman–Crippen MR) is 80.2 cm³/mol. The Morgan fingerprint density at radius 1 is 1.24 bits per heavy atom. The Labute approximate surface area is 125 Å². The fourth-order valence-corrected chi connectivity index (χ4v) is 1.88. The van der Waals surface area contributed by atoms with Gasteiger partial charge in [-0.1, -0.05) is 0 Å². The molecule has 2 aromatic heterocycles. The van der Waals surface area contributed by atoms with Crippen LogP contribution in [0.4, 0.5) is 0 Å². The third kappa shape index (κ3) is 5.53. The van der Waals surface area contributed by atoms with E-state index in [9.17, 15) is 0 Å². The van der Waals surface area contributed by atoms with Gasteiger partial charge in [0.25, 0.3) is 0 Å². The molecule has 2 aromatic rings. The molecule has 0 aliphatic rings. The lowest BCUT2D eigenvalue weighted by atomic mass is 10.3. The van der Waals surface area contributed by atoms with Crippen LogP contribution in [0.5, 0.6) is 5.75 Å². The molecular formula is C15H22N4O2. The number of rotatable bonds is 9. The molecule has 114 valence electrons. The Morgan fingerprint density at radius 3 is 2.81 bits per heavy atom. The van der Waals surface area contributed by atoms with Crippen LogP contribution in [0, 0.1) is 0 Å². The Morgan fingerprint density at radius 2 is 2.14 bits per heavy atom. The summed E-state index contributed by atoms with van der Waals surface area (Å²) in [4.78, 5) is 4.36. The molecular weight excluding hydrogens is 268 g/mol. The lowest BCUT2D eigenvalue weighted by Crippen LogP contribution is -2.19. The normalized spacial score (nSPS) is 10.8. The maximum atomic E-state index is 5.68. The molecule has 0 fully saturated rings. The van der Waals surface area contributed by atoms with Gasteiger partial charge < -0.3 is 14.8 Å². The van der Waals surface area contributed by atoms with Gasteiger partial charge in [-0.05, 0) is 17.7 Å². The Balaban J connectivity index is 1.69. The van der Waals surface area contributed by atoms with Crippen molar-refractivity contribution in [1.29, 1.82) is 0 Å². The van der Waals surface area contributed by atoms with Gasteiger partial charge >= 0.3 is 0 Å². The van der Waals surface area contributed by atoms with Crippen molar-refractivity contribution in [3.8, 4) is 5.75 Å².